The maximum atomic E-state index is 5.28. The zero-order chi connectivity index (χ0) is 15.8. The van der Waals surface area contributed by atoms with Crippen LogP contribution in [0.2, 0.25) is 0 Å². The van der Waals surface area contributed by atoms with Crippen molar-refractivity contribution in [2.45, 2.75) is 31.9 Å². The van der Waals surface area contributed by atoms with Crippen LogP contribution in [0.5, 0.6) is 0 Å². The van der Waals surface area contributed by atoms with Gasteiger partial charge in [-0.05, 0) is 30.9 Å². The third-order valence-electron chi connectivity index (χ3n) is 4.57. The van der Waals surface area contributed by atoms with E-state index in [2.05, 4.69) is 31.3 Å². The fourth-order valence-corrected chi connectivity index (χ4v) is 3.09. The highest BCUT2D eigenvalue weighted by atomic mass is 16.5. The van der Waals surface area contributed by atoms with Crippen LogP contribution >= 0.6 is 0 Å². The Hall–Kier alpha value is -2.22. The van der Waals surface area contributed by atoms with E-state index in [9.17, 15) is 0 Å². The quantitative estimate of drug-likeness (QED) is 0.802. The van der Waals surface area contributed by atoms with E-state index < -0.39 is 0 Å². The van der Waals surface area contributed by atoms with Gasteiger partial charge in [0.05, 0.1) is 11.7 Å². The lowest BCUT2D eigenvalue weighted by atomic mass is 10.1. The average Bonchev–Trinajstić information content (AvgIpc) is 3.14. The molecule has 0 radical (unpaired) electrons. The van der Waals surface area contributed by atoms with Gasteiger partial charge in [0.15, 0.2) is 11.6 Å². The molecule has 0 amide bonds. The van der Waals surface area contributed by atoms with Crippen molar-refractivity contribution in [1.82, 2.24) is 20.3 Å². The van der Waals surface area contributed by atoms with Crippen molar-refractivity contribution in [3.05, 3.63) is 23.1 Å². The number of anilines is 2. The van der Waals surface area contributed by atoms with E-state index in [0.717, 1.165) is 31.7 Å². The summed E-state index contributed by atoms with van der Waals surface area (Å²) in [6, 6.07) is 3.05. The van der Waals surface area contributed by atoms with Gasteiger partial charge in [-0.15, -0.1) is 5.10 Å². The van der Waals surface area contributed by atoms with Crippen LogP contribution in [0.15, 0.2) is 10.6 Å². The zero-order valence-corrected chi connectivity index (χ0v) is 13.4. The standard InChI is InChI=1S/C15H20N6O2/c1-20(15-16-13(9-22-2)19-23-15)11-7-21(8-11)14-6-10-4-3-5-12(10)17-18-14/h6,11H,3-5,7-9H2,1-2H3. The second-order valence-electron chi connectivity index (χ2n) is 6.12. The van der Waals surface area contributed by atoms with E-state index in [4.69, 9.17) is 9.26 Å². The van der Waals surface area contributed by atoms with Crippen LogP contribution in [-0.4, -0.2) is 53.6 Å². The van der Waals surface area contributed by atoms with Gasteiger partial charge < -0.3 is 19.1 Å². The van der Waals surface area contributed by atoms with E-state index in [0.29, 0.717) is 24.5 Å². The summed E-state index contributed by atoms with van der Waals surface area (Å²) in [4.78, 5) is 8.58. The molecule has 1 fully saturated rings. The third kappa shape index (κ3) is 2.63. The summed E-state index contributed by atoms with van der Waals surface area (Å²) >= 11 is 0. The lowest BCUT2D eigenvalue weighted by molar-refractivity contribution is 0.174. The third-order valence-corrected chi connectivity index (χ3v) is 4.57. The Morgan fingerprint density at radius 1 is 1.35 bits per heavy atom. The Morgan fingerprint density at radius 3 is 3.04 bits per heavy atom. The topological polar surface area (TPSA) is 80.4 Å². The monoisotopic (exact) mass is 316 g/mol. The molecule has 1 saturated heterocycles. The van der Waals surface area contributed by atoms with Crippen LogP contribution in [0.1, 0.15) is 23.5 Å². The van der Waals surface area contributed by atoms with Gasteiger partial charge in [-0.1, -0.05) is 5.16 Å². The van der Waals surface area contributed by atoms with Gasteiger partial charge in [0.2, 0.25) is 0 Å². The first-order valence-electron chi connectivity index (χ1n) is 7.89. The molecule has 3 heterocycles. The molecule has 0 unspecified atom stereocenters. The normalized spacial score (nSPS) is 17.2. The van der Waals surface area contributed by atoms with Crippen LogP contribution in [0.4, 0.5) is 11.8 Å². The molecule has 0 bridgehead atoms. The van der Waals surface area contributed by atoms with Crippen LogP contribution in [-0.2, 0) is 24.2 Å². The molecule has 0 N–H and O–H groups in total. The number of methoxy groups -OCH3 is 1. The van der Waals surface area contributed by atoms with Crippen molar-refractivity contribution in [3.63, 3.8) is 0 Å². The van der Waals surface area contributed by atoms with Crippen molar-refractivity contribution in [3.8, 4) is 0 Å². The number of rotatable bonds is 5. The average molecular weight is 316 g/mol. The number of aromatic nitrogens is 4. The molecular weight excluding hydrogens is 296 g/mol. The predicted molar refractivity (Wildman–Crippen MR) is 83.5 cm³/mol. The summed E-state index contributed by atoms with van der Waals surface area (Å²) < 4.78 is 10.3. The molecular formula is C15H20N6O2. The first-order valence-corrected chi connectivity index (χ1v) is 7.89. The summed E-state index contributed by atoms with van der Waals surface area (Å²) in [5.74, 6) is 1.54. The number of aryl methyl sites for hydroxylation is 2. The highest BCUT2D eigenvalue weighted by Crippen LogP contribution is 2.27. The molecule has 2 aromatic heterocycles. The SMILES string of the molecule is COCc1noc(N(C)C2CN(c3cc4c(nn3)CCC4)C2)n1. The number of fused-ring (bicyclic) bond motifs is 1. The van der Waals surface area contributed by atoms with Crippen molar-refractivity contribution in [1.29, 1.82) is 0 Å². The van der Waals surface area contributed by atoms with E-state index in [-0.39, 0.29) is 0 Å². The molecule has 1 aliphatic heterocycles. The van der Waals surface area contributed by atoms with Gasteiger partial charge in [-0.2, -0.15) is 10.1 Å². The second-order valence-corrected chi connectivity index (χ2v) is 6.12. The van der Waals surface area contributed by atoms with Gasteiger partial charge in [-0.3, -0.25) is 0 Å². The first kappa shape index (κ1) is 14.4. The van der Waals surface area contributed by atoms with Crippen molar-refractivity contribution < 1.29 is 9.26 Å². The van der Waals surface area contributed by atoms with E-state index >= 15 is 0 Å². The molecule has 0 saturated carbocycles. The van der Waals surface area contributed by atoms with E-state index in [1.54, 1.807) is 7.11 Å². The Balaban J connectivity index is 1.38. The fourth-order valence-electron chi connectivity index (χ4n) is 3.09. The van der Waals surface area contributed by atoms with Crippen molar-refractivity contribution in [2.24, 2.45) is 0 Å². The Bertz CT molecular complexity index is 697. The summed E-state index contributed by atoms with van der Waals surface area (Å²) in [5, 5.41) is 12.6. The van der Waals surface area contributed by atoms with Gasteiger partial charge in [0, 0.05) is 27.2 Å². The van der Waals surface area contributed by atoms with Crippen LogP contribution < -0.4 is 9.80 Å². The molecule has 1 aliphatic carbocycles. The van der Waals surface area contributed by atoms with Crippen molar-refractivity contribution in [2.75, 3.05) is 37.0 Å². The molecule has 2 aromatic rings. The summed E-state index contributed by atoms with van der Waals surface area (Å²) in [5.41, 5.74) is 2.52. The van der Waals surface area contributed by atoms with Crippen molar-refractivity contribution >= 4 is 11.8 Å². The molecule has 0 aromatic carbocycles. The number of hydrogen-bond donors (Lipinski definition) is 0. The smallest absolute Gasteiger partial charge is 0.324 e. The summed E-state index contributed by atoms with van der Waals surface area (Å²) in [6.45, 7) is 2.12. The first-order chi connectivity index (χ1) is 11.2. The summed E-state index contributed by atoms with van der Waals surface area (Å²) in [7, 11) is 3.58. The minimum atomic E-state index is 0.334. The highest BCUT2D eigenvalue weighted by molar-refractivity contribution is 5.47. The van der Waals surface area contributed by atoms with Crippen LogP contribution in [0.25, 0.3) is 0 Å². The minimum absolute atomic E-state index is 0.334. The fraction of sp³-hybridized carbons (Fsp3) is 0.600. The summed E-state index contributed by atoms with van der Waals surface area (Å²) in [6.07, 6.45) is 3.38. The van der Waals surface area contributed by atoms with E-state index in [1.165, 1.54) is 17.7 Å². The lowest BCUT2D eigenvalue weighted by Gasteiger charge is -2.43. The number of likely N-dealkylation sites (N-methyl/N-ethyl adjacent to an activating group) is 1. The lowest BCUT2D eigenvalue weighted by Crippen LogP contribution is -2.59. The highest BCUT2D eigenvalue weighted by Gasteiger charge is 2.34. The maximum absolute atomic E-state index is 5.28. The van der Waals surface area contributed by atoms with Gasteiger partial charge >= 0.3 is 6.01 Å². The van der Waals surface area contributed by atoms with Gasteiger partial charge in [0.25, 0.3) is 0 Å². The van der Waals surface area contributed by atoms with Crippen LogP contribution in [0, 0.1) is 0 Å². The molecule has 0 spiro atoms. The molecule has 0 atom stereocenters. The molecule has 2 aliphatic rings. The number of hydrogen-bond acceptors (Lipinski definition) is 8. The maximum Gasteiger partial charge on any atom is 0.324 e. The second kappa shape index (κ2) is 5.77. The van der Waals surface area contributed by atoms with Gasteiger partial charge in [0.1, 0.15) is 6.61 Å². The number of nitrogens with zero attached hydrogens (tertiary/aromatic N) is 6. The van der Waals surface area contributed by atoms with Crippen LogP contribution in [0.3, 0.4) is 0 Å². The minimum Gasteiger partial charge on any atom is -0.377 e. The van der Waals surface area contributed by atoms with Gasteiger partial charge in [-0.25, -0.2) is 0 Å². The van der Waals surface area contributed by atoms with E-state index in [1.807, 2.05) is 11.9 Å². The predicted octanol–water partition coefficient (Wildman–Crippen LogP) is 0.820. The Labute approximate surface area is 134 Å². The molecule has 4 rings (SSSR count). The molecule has 8 heteroatoms. The molecule has 122 valence electrons. The number of ether oxygens (including phenoxy) is 1. The Morgan fingerprint density at radius 2 is 2.22 bits per heavy atom. The zero-order valence-electron chi connectivity index (χ0n) is 13.4. The molecule has 23 heavy (non-hydrogen) atoms. The molecule has 8 nitrogen and oxygen atoms in total. The largest absolute Gasteiger partial charge is 0.377 e. The Kier molecular flexibility index (Phi) is 3.60.